The number of unbranched alkanes of at least 4 members (excludes halogenated alkanes) is 3. The van der Waals surface area contributed by atoms with Crippen molar-refractivity contribution in [1.29, 1.82) is 0 Å². The monoisotopic (exact) mass is 272 g/mol. The molecule has 86 valence electrons. The van der Waals surface area contributed by atoms with E-state index in [1.54, 1.807) is 0 Å². The first kappa shape index (κ1) is 18.7. The van der Waals surface area contributed by atoms with Gasteiger partial charge in [-0.1, -0.05) is 12.8 Å². The van der Waals surface area contributed by atoms with Gasteiger partial charge in [0.1, 0.15) is 0 Å². The number of hydrogen-bond acceptors (Lipinski definition) is 3. The van der Waals surface area contributed by atoms with Gasteiger partial charge in [0.25, 0.3) is 0 Å². The molecule has 0 atom stereocenters. The fourth-order valence-electron chi connectivity index (χ4n) is 0.958. The maximum atomic E-state index is 11.6. The number of alkyl halides is 3. The van der Waals surface area contributed by atoms with Crippen molar-refractivity contribution in [3.05, 3.63) is 0 Å². The SMILES string of the molecule is O=S(=O)([O-])CCCCCCC(F)(F)F.[K+]. The molecule has 0 aromatic carbocycles. The summed E-state index contributed by atoms with van der Waals surface area (Å²) in [4.78, 5) is 0. The molecule has 0 radical (unpaired) electrons. The molecule has 0 N–H and O–H groups in total. The molecule has 8 heteroatoms. The first-order chi connectivity index (χ1) is 6.21. The van der Waals surface area contributed by atoms with E-state index in [4.69, 9.17) is 0 Å². The van der Waals surface area contributed by atoms with Crippen molar-refractivity contribution in [2.45, 2.75) is 38.3 Å². The Morgan fingerprint density at radius 2 is 1.47 bits per heavy atom. The fraction of sp³-hybridized carbons (Fsp3) is 1.00. The van der Waals surface area contributed by atoms with Crippen LogP contribution in [0.4, 0.5) is 13.2 Å². The molecular weight excluding hydrogens is 260 g/mol. The Kier molecular flexibility index (Phi) is 10.5. The van der Waals surface area contributed by atoms with Gasteiger partial charge in [0.15, 0.2) is 0 Å². The van der Waals surface area contributed by atoms with Crippen LogP contribution in [0.3, 0.4) is 0 Å². The van der Waals surface area contributed by atoms with Gasteiger partial charge in [0, 0.05) is 12.2 Å². The van der Waals surface area contributed by atoms with E-state index in [1.807, 2.05) is 0 Å². The van der Waals surface area contributed by atoms with Crippen molar-refractivity contribution < 1.29 is 77.5 Å². The average molecular weight is 272 g/mol. The first-order valence-corrected chi connectivity index (χ1v) is 5.79. The second-order valence-corrected chi connectivity index (χ2v) is 4.56. The van der Waals surface area contributed by atoms with Crippen LogP contribution in [0, 0.1) is 0 Å². The molecule has 0 fully saturated rings. The van der Waals surface area contributed by atoms with Crippen molar-refractivity contribution in [3.8, 4) is 0 Å². The number of hydrogen-bond donors (Lipinski definition) is 0. The van der Waals surface area contributed by atoms with Crippen molar-refractivity contribution in [2.75, 3.05) is 5.75 Å². The topological polar surface area (TPSA) is 57.2 Å². The van der Waals surface area contributed by atoms with Crippen molar-refractivity contribution in [1.82, 2.24) is 0 Å². The summed E-state index contributed by atoms with van der Waals surface area (Å²) in [5.74, 6) is -0.487. The molecule has 0 aliphatic carbocycles. The van der Waals surface area contributed by atoms with Crippen LogP contribution in [0.1, 0.15) is 32.1 Å². The van der Waals surface area contributed by atoms with Gasteiger partial charge in [0.2, 0.25) is 0 Å². The molecule has 0 aromatic rings. The fourth-order valence-corrected chi connectivity index (χ4v) is 1.52. The Bertz CT molecular complexity index is 251. The summed E-state index contributed by atoms with van der Waals surface area (Å²) in [5, 5.41) is 0. The van der Waals surface area contributed by atoms with Gasteiger partial charge in [-0.05, 0) is 12.8 Å². The summed E-state index contributed by atoms with van der Waals surface area (Å²) in [5.41, 5.74) is 0. The minimum absolute atomic E-state index is 0. The van der Waals surface area contributed by atoms with Gasteiger partial charge in [-0.15, -0.1) is 0 Å². The minimum Gasteiger partial charge on any atom is -0.748 e. The van der Waals surface area contributed by atoms with Crippen LogP contribution in [0.25, 0.3) is 0 Å². The van der Waals surface area contributed by atoms with Crippen LogP contribution >= 0.6 is 0 Å². The second-order valence-electron chi connectivity index (χ2n) is 3.04. The van der Waals surface area contributed by atoms with E-state index < -0.39 is 28.5 Å². The first-order valence-electron chi connectivity index (χ1n) is 4.21. The molecule has 0 rings (SSSR count). The smallest absolute Gasteiger partial charge is 0.748 e. The molecule has 15 heavy (non-hydrogen) atoms. The minimum atomic E-state index is -4.21. The predicted molar refractivity (Wildman–Crippen MR) is 43.7 cm³/mol. The molecule has 0 aliphatic heterocycles. The maximum absolute atomic E-state index is 11.6. The van der Waals surface area contributed by atoms with E-state index >= 15 is 0 Å². The van der Waals surface area contributed by atoms with Gasteiger partial charge >= 0.3 is 57.6 Å². The van der Waals surface area contributed by atoms with Gasteiger partial charge < -0.3 is 4.55 Å². The zero-order valence-corrected chi connectivity index (χ0v) is 12.4. The summed E-state index contributed by atoms with van der Waals surface area (Å²) in [6.07, 6.45) is -4.22. The Balaban J connectivity index is 0. The summed E-state index contributed by atoms with van der Waals surface area (Å²) in [7, 11) is -4.21. The van der Waals surface area contributed by atoms with E-state index in [9.17, 15) is 26.1 Å². The van der Waals surface area contributed by atoms with Gasteiger partial charge in [-0.3, -0.25) is 0 Å². The molecule has 0 amide bonds. The van der Waals surface area contributed by atoms with Crippen molar-refractivity contribution >= 4 is 10.1 Å². The Labute approximate surface area is 130 Å². The van der Waals surface area contributed by atoms with Crippen molar-refractivity contribution in [3.63, 3.8) is 0 Å². The van der Waals surface area contributed by atoms with E-state index in [-0.39, 0.29) is 64.2 Å². The van der Waals surface area contributed by atoms with E-state index in [1.165, 1.54) is 0 Å². The van der Waals surface area contributed by atoms with Crippen LogP contribution < -0.4 is 51.4 Å². The van der Waals surface area contributed by atoms with Gasteiger partial charge in [-0.2, -0.15) is 13.2 Å². The predicted octanol–water partition coefficient (Wildman–Crippen LogP) is -0.952. The normalized spacial score (nSPS) is 12.3. The third kappa shape index (κ3) is 17.9. The maximum Gasteiger partial charge on any atom is 1.00 e. The molecular formula is C7H12F3KO3S. The zero-order chi connectivity index (χ0) is 11.2. The van der Waals surface area contributed by atoms with Crippen LogP contribution in [-0.4, -0.2) is 24.9 Å². The third-order valence-corrected chi connectivity index (χ3v) is 2.39. The molecule has 0 unspecified atom stereocenters. The van der Waals surface area contributed by atoms with Gasteiger partial charge in [0.05, 0.1) is 10.1 Å². The number of rotatable bonds is 6. The second kappa shape index (κ2) is 8.43. The number of halogens is 3. The largest absolute Gasteiger partial charge is 1.00 e. The van der Waals surface area contributed by atoms with Crippen LogP contribution in [0.5, 0.6) is 0 Å². The summed E-state index contributed by atoms with van der Waals surface area (Å²) in [6, 6.07) is 0. The summed E-state index contributed by atoms with van der Waals surface area (Å²) in [6.45, 7) is 0. The zero-order valence-electron chi connectivity index (χ0n) is 8.51. The summed E-state index contributed by atoms with van der Waals surface area (Å²) >= 11 is 0. The Morgan fingerprint density at radius 1 is 1.00 bits per heavy atom. The molecule has 0 saturated heterocycles. The van der Waals surface area contributed by atoms with E-state index in [0.29, 0.717) is 12.8 Å². The Hall–Kier alpha value is 1.34. The standard InChI is InChI=1S/C7H13F3O3S.K/c8-7(9,10)5-3-1-2-4-6-14(11,12)13;/h1-6H2,(H,11,12,13);/q;+1/p-1. The Morgan fingerprint density at radius 3 is 1.87 bits per heavy atom. The van der Waals surface area contributed by atoms with Crippen molar-refractivity contribution in [2.24, 2.45) is 0 Å². The average Bonchev–Trinajstić information content (AvgIpc) is 1.92. The third-order valence-electron chi connectivity index (χ3n) is 1.60. The van der Waals surface area contributed by atoms with Crippen LogP contribution in [0.15, 0.2) is 0 Å². The van der Waals surface area contributed by atoms with Gasteiger partial charge in [-0.25, -0.2) is 8.42 Å². The molecule has 0 bridgehead atoms. The van der Waals surface area contributed by atoms with E-state index in [0.717, 1.165) is 0 Å². The van der Waals surface area contributed by atoms with Crippen LogP contribution in [-0.2, 0) is 10.1 Å². The van der Waals surface area contributed by atoms with Crippen LogP contribution in [0.2, 0.25) is 0 Å². The molecule has 3 nitrogen and oxygen atoms in total. The molecule has 0 aliphatic rings. The molecule has 0 aromatic heterocycles. The molecule has 0 heterocycles. The summed E-state index contributed by atoms with van der Waals surface area (Å²) < 4.78 is 65.1. The quantitative estimate of drug-likeness (QED) is 0.356. The molecule has 0 spiro atoms. The van der Waals surface area contributed by atoms with E-state index in [2.05, 4.69) is 0 Å². The molecule has 0 saturated carbocycles.